The van der Waals surface area contributed by atoms with Crippen LogP contribution in [0.3, 0.4) is 0 Å². The minimum atomic E-state index is 0.646. The topological polar surface area (TPSA) is 21.1 Å². The molecule has 0 bridgehead atoms. The lowest BCUT2D eigenvalue weighted by molar-refractivity contribution is 0.743. The van der Waals surface area contributed by atoms with E-state index in [0.717, 1.165) is 50.1 Å². The van der Waals surface area contributed by atoms with E-state index >= 15 is 0 Å². The van der Waals surface area contributed by atoms with Crippen molar-refractivity contribution in [3.8, 4) is 0 Å². The van der Waals surface area contributed by atoms with Gasteiger partial charge in [-0.05, 0) is 37.5 Å². The number of nitrogens with zero attached hydrogens (tertiary/aromatic N) is 3. The molecule has 0 saturated carbocycles. The second-order valence-electron chi connectivity index (χ2n) is 5.62. The van der Waals surface area contributed by atoms with Gasteiger partial charge >= 0.3 is 0 Å². The van der Waals surface area contributed by atoms with Gasteiger partial charge in [0, 0.05) is 38.1 Å². The first kappa shape index (κ1) is 16.9. The number of allylic oxidation sites excluding steroid dienone is 1. The van der Waals surface area contributed by atoms with Crippen LogP contribution in [0.1, 0.15) is 32.0 Å². The van der Waals surface area contributed by atoms with Gasteiger partial charge in [-0.15, -0.1) is 18.2 Å². The third kappa shape index (κ3) is 3.83. The Morgan fingerprint density at radius 1 is 1.36 bits per heavy atom. The summed E-state index contributed by atoms with van der Waals surface area (Å²) in [4.78, 5) is 7.15. The van der Waals surface area contributed by atoms with Gasteiger partial charge in [0.1, 0.15) is 5.82 Å². The number of unbranched alkanes of at least 4 members (excludes halogenated alkanes) is 1. The van der Waals surface area contributed by atoms with E-state index in [4.69, 9.17) is 16.6 Å². The predicted octanol–water partition coefficient (Wildman–Crippen LogP) is 4.54. The molecule has 1 aromatic carbocycles. The van der Waals surface area contributed by atoms with Crippen molar-refractivity contribution in [2.24, 2.45) is 7.05 Å². The number of anilines is 1. The summed E-state index contributed by atoms with van der Waals surface area (Å²) < 4.78 is 2.20. The lowest BCUT2D eigenvalue weighted by Crippen LogP contribution is -2.26. The van der Waals surface area contributed by atoms with Crippen LogP contribution in [-0.4, -0.2) is 28.5 Å². The van der Waals surface area contributed by atoms with E-state index in [2.05, 4.69) is 48.2 Å². The maximum Gasteiger partial charge on any atom is 0.109 e. The molecule has 1 aromatic heterocycles. The smallest absolute Gasteiger partial charge is 0.109 e. The first-order valence-corrected chi connectivity index (χ1v) is 8.61. The number of aromatic nitrogens is 2. The average molecular weight is 320 g/mol. The highest BCUT2D eigenvalue weighted by atomic mass is 35.5. The Hall–Kier alpha value is -1.48. The largest absolute Gasteiger partial charge is 0.370 e. The number of halogens is 1. The van der Waals surface area contributed by atoms with Gasteiger partial charge in [0.2, 0.25) is 0 Å². The van der Waals surface area contributed by atoms with Gasteiger partial charge in [0.25, 0.3) is 0 Å². The van der Waals surface area contributed by atoms with Gasteiger partial charge in [0.15, 0.2) is 0 Å². The molecular formula is C18H26ClN3. The van der Waals surface area contributed by atoms with Crippen molar-refractivity contribution in [3.63, 3.8) is 0 Å². The summed E-state index contributed by atoms with van der Waals surface area (Å²) in [6.45, 7) is 7.87. The second kappa shape index (κ2) is 8.23. The molecule has 2 rings (SSSR count). The average Bonchev–Trinajstić information content (AvgIpc) is 2.83. The molecule has 22 heavy (non-hydrogen) atoms. The number of aryl methyl sites for hydroxylation is 2. The van der Waals surface area contributed by atoms with Gasteiger partial charge in [-0.2, -0.15) is 0 Å². The van der Waals surface area contributed by atoms with E-state index in [1.54, 1.807) is 0 Å². The monoisotopic (exact) mass is 319 g/mol. The van der Waals surface area contributed by atoms with Crippen molar-refractivity contribution in [2.45, 2.75) is 32.6 Å². The van der Waals surface area contributed by atoms with Crippen molar-refractivity contribution in [3.05, 3.63) is 36.7 Å². The van der Waals surface area contributed by atoms with E-state index in [9.17, 15) is 0 Å². The minimum absolute atomic E-state index is 0.646. The van der Waals surface area contributed by atoms with Gasteiger partial charge < -0.3 is 9.47 Å². The molecule has 3 nitrogen and oxygen atoms in total. The Morgan fingerprint density at radius 2 is 2.18 bits per heavy atom. The fourth-order valence-electron chi connectivity index (χ4n) is 2.80. The minimum Gasteiger partial charge on any atom is -0.370 e. The summed E-state index contributed by atoms with van der Waals surface area (Å²) in [5, 5.41) is 0. The summed E-state index contributed by atoms with van der Waals surface area (Å²) in [6, 6.07) is 6.54. The van der Waals surface area contributed by atoms with Gasteiger partial charge in [-0.3, -0.25) is 0 Å². The highest BCUT2D eigenvalue weighted by Gasteiger charge is 2.11. The molecule has 0 saturated heterocycles. The fraction of sp³-hybridized carbons (Fsp3) is 0.500. The lowest BCUT2D eigenvalue weighted by Gasteiger charge is -2.23. The Morgan fingerprint density at radius 3 is 2.86 bits per heavy atom. The third-order valence-electron chi connectivity index (χ3n) is 3.98. The molecule has 0 fully saturated rings. The highest BCUT2D eigenvalue weighted by molar-refractivity contribution is 6.18. The molecule has 1 heterocycles. The van der Waals surface area contributed by atoms with Crippen molar-refractivity contribution in [1.82, 2.24) is 9.55 Å². The molecular weight excluding hydrogens is 294 g/mol. The Balaban J connectivity index is 2.27. The maximum absolute atomic E-state index is 5.93. The Bertz CT molecular complexity index is 612. The molecule has 4 heteroatoms. The van der Waals surface area contributed by atoms with Crippen LogP contribution >= 0.6 is 11.6 Å². The van der Waals surface area contributed by atoms with Crippen LogP contribution in [-0.2, 0) is 13.5 Å². The molecule has 120 valence electrons. The molecule has 0 aliphatic rings. The third-order valence-corrected chi connectivity index (χ3v) is 4.15. The van der Waals surface area contributed by atoms with Crippen molar-refractivity contribution in [2.75, 3.05) is 23.9 Å². The lowest BCUT2D eigenvalue weighted by atomic mass is 10.2. The first-order valence-electron chi connectivity index (χ1n) is 8.08. The number of hydrogen-bond donors (Lipinski definition) is 0. The van der Waals surface area contributed by atoms with E-state index < -0.39 is 0 Å². The van der Waals surface area contributed by atoms with Gasteiger partial charge in [-0.25, -0.2) is 4.98 Å². The van der Waals surface area contributed by atoms with Crippen LogP contribution in [0, 0.1) is 0 Å². The molecule has 0 unspecified atom stereocenters. The Labute approximate surface area is 138 Å². The Kier molecular flexibility index (Phi) is 6.32. The van der Waals surface area contributed by atoms with Crippen molar-refractivity contribution >= 4 is 28.3 Å². The van der Waals surface area contributed by atoms with E-state index in [1.165, 1.54) is 11.2 Å². The van der Waals surface area contributed by atoms with Crippen LogP contribution in [0.5, 0.6) is 0 Å². The van der Waals surface area contributed by atoms with Crippen LogP contribution < -0.4 is 4.90 Å². The summed E-state index contributed by atoms with van der Waals surface area (Å²) in [5.74, 6) is 1.79. The fourth-order valence-corrected chi connectivity index (χ4v) is 3.01. The molecule has 2 aromatic rings. The zero-order chi connectivity index (χ0) is 15.9. The van der Waals surface area contributed by atoms with Crippen LogP contribution in [0.2, 0.25) is 0 Å². The van der Waals surface area contributed by atoms with Crippen molar-refractivity contribution < 1.29 is 0 Å². The van der Waals surface area contributed by atoms with Crippen LogP contribution in [0.4, 0.5) is 5.69 Å². The SMILES string of the molecule is C=CCCCc1nc2cc(N(CCC)CCCl)ccc2n1C. The first-order chi connectivity index (χ1) is 10.7. The number of rotatable bonds is 9. The zero-order valence-electron chi connectivity index (χ0n) is 13.7. The number of alkyl halides is 1. The second-order valence-corrected chi connectivity index (χ2v) is 5.99. The normalized spacial score (nSPS) is 11.0. The van der Waals surface area contributed by atoms with Crippen LogP contribution in [0.15, 0.2) is 30.9 Å². The van der Waals surface area contributed by atoms with Gasteiger partial charge in [-0.1, -0.05) is 13.0 Å². The molecule has 0 spiro atoms. The van der Waals surface area contributed by atoms with E-state index in [1.807, 2.05) is 6.08 Å². The number of benzene rings is 1. The van der Waals surface area contributed by atoms with Crippen molar-refractivity contribution in [1.29, 1.82) is 0 Å². The number of hydrogen-bond acceptors (Lipinski definition) is 2. The zero-order valence-corrected chi connectivity index (χ0v) is 14.4. The predicted molar refractivity (Wildman–Crippen MR) is 97.1 cm³/mol. The highest BCUT2D eigenvalue weighted by Crippen LogP contribution is 2.23. The van der Waals surface area contributed by atoms with E-state index in [-0.39, 0.29) is 0 Å². The number of fused-ring (bicyclic) bond motifs is 1. The summed E-state index contributed by atoms with van der Waals surface area (Å²) in [5.41, 5.74) is 3.48. The summed E-state index contributed by atoms with van der Waals surface area (Å²) in [7, 11) is 2.10. The maximum atomic E-state index is 5.93. The molecule has 0 N–H and O–H groups in total. The molecule has 0 aliphatic heterocycles. The quantitative estimate of drug-likeness (QED) is 0.384. The molecule has 0 amide bonds. The molecule has 0 aliphatic carbocycles. The molecule has 0 radical (unpaired) electrons. The summed E-state index contributed by atoms with van der Waals surface area (Å²) >= 11 is 5.93. The summed E-state index contributed by atoms with van der Waals surface area (Å²) in [6.07, 6.45) is 6.21. The standard InChI is InChI=1S/C18H26ClN3/c1-4-6-7-8-18-20-16-14-15(9-10-17(16)21(18)3)22(12-5-2)13-11-19/h4,9-10,14H,1,5-8,11-13H2,2-3H3. The van der Waals surface area contributed by atoms with Gasteiger partial charge in [0.05, 0.1) is 11.0 Å². The number of imidazole rings is 1. The van der Waals surface area contributed by atoms with Crippen LogP contribution in [0.25, 0.3) is 11.0 Å². The van der Waals surface area contributed by atoms with E-state index in [0.29, 0.717) is 5.88 Å². The molecule has 0 atom stereocenters.